The monoisotopic (exact) mass is 302 g/mol. The van der Waals surface area contributed by atoms with Gasteiger partial charge >= 0.3 is 0 Å². The van der Waals surface area contributed by atoms with E-state index in [9.17, 15) is 9.59 Å². The topological polar surface area (TPSA) is 85.2 Å². The lowest BCUT2D eigenvalue weighted by molar-refractivity contribution is -0.124. The first-order valence-electron chi connectivity index (χ1n) is 7.26. The molecular weight excluding hydrogens is 280 g/mol. The van der Waals surface area contributed by atoms with Gasteiger partial charge in [-0.3, -0.25) is 14.5 Å². The number of amides is 2. The summed E-state index contributed by atoms with van der Waals surface area (Å²) in [7, 11) is 1.72. The Balaban J connectivity index is 2.56. The highest BCUT2D eigenvalue weighted by Crippen LogP contribution is 2.11. The van der Waals surface area contributed by atoms with Gasteiger partial charge in [0, 0.05) is 12.2 Å². The van der Waals surface area contributed by atoms with E-state index in [1.54, 1.807) is 43.1 Å². The molecule has 1 aromatic rings. The number of hydrogen-bond donors (Lipinski definition) is 2. The number of anilines is 1. The molecule has 0 aromatic heterocycles. The van der Waals surface area contributed by atoms with E-state index >= 15 is 0 Å². The van der Waals surface area contributed by atoms with Crippen molar-refractivity contribution in [1.82, 2.24) is 10.2 Å². The number of carbonyl (C=O) groups excluding carboxylic acids is 2. The molecule has 22 heavy (non-hydrogen) atoms. The molecular formula is C16H22N4O2. The number of rotatable bonds is 7. The fourth-order valence-corrected chi connectivity index (χ4v) is 1.80. The Morgan fingerprint density at radius 1 is 1.41 bits per heavy atom. The second-order valence-corrected chi connectivity index (χ2v) is 5.12. The van der Waals surface area contributed by atoms with Gasteiger partial charge in [0.1, 0.15) is 0 Å². The Labute approximate surface area is 131 Å². The van der Waals surface area contributed by atoms with E-state index < -0.39 is 6.04 Å². The van der Waals surface area contributed by atoms with Gasteiger partial charge in [-0.2, -0.15) is 5.26 Å². The average molecular weight is 302 g/mol. The normalized spacial score (nSPS) is 11.6. The van der Waals surface area contributed by atoms with Crippen LogP contribution in [0.1, 0.15) is 25.8 Å². The molecule has 0 spiro atoms. The van der Waals surface area contributed by atoms with Crippen molar-refractivity contribution in [3.05, 3.63) is 29.8 Å². The average Bonchev–Trinajstić information content (AvgIpc) is 2.52. The van der Waals surface area contributed by atoms with Gasteiger partial charge in [-0.25, -0.2) is 0 Å². The Bertz CT molecular complexity index is 566. The van der Waals surface area contributed by atoms with Crippen LogP contribution in [0.15, 0.2) is 24.3 Å². The number of carbonyl (C=O) groups is 2. The highest BCUT2D eigenvalue weighted by atomic mass is 16.2. The molecule has 1 aromatic carbocycles. The minimum absolute atomic E-state index is 0.101. The maximum absolute atomic E-state index is 12.2. The summed E-state index contributed by atoms with van der Waals surface area (Å²) in [6, 6.07) is 8.27. The number of nitrogens with zero attached hydrogens (tertiary/aromatic N) is 2. The second-order valence-electron chi connectivity index (χ2n) is 5.12. The highest BCUT2D eigenvalue weighted by Gasteiger charge is 2.20. The van der Waals surface area contributed by atoms with Crippen LogP contribution in [-0.2, 0) is 9.59 Å². The Kier molecular flexibility index (Phi) is 7.06. The first-order chi connectivity index (χ1) is 10.5. The fraction of sp³-hybridized carbons (Fsp3) is 0.438. The van der Waals surface area contributed by atoms with Crippen molar-refractivity contribution in [2.75, 3.05) is 25.5 Å². The SMILES string of the molecule is CCCNC(=O)CN(C)[C@H](C)C(=O)Nc1cccc(C#N)c1. The molecule has 0 saturated heterocycles. The van der Waals surface area contributed by atoms with Crippen molar-refractivity contribution in [3.8, 4) is 6.07 Å². The molecule has 0 aliphatic heterocycles. The van der Waals surface area contributed by atoms with Crippen LogP contribution < -0.4 is 10.6 Å². The van der Waals surface area contributed by atoms with Crippen molar-refractivity contribution >= 4 is 17.5 Å². The molecule has 1 atom stereocenters. The minimum atomic E-state index is -0.460. The van der Waals surface area contributed by atoms with Gasteiger partial charge in [0.05, 0.1) is 24.2 Å². The molecule has 2 amide bonds. The quantitative estimate of drug-likeness (QED) is 0.796. The van der Waals surface area contributed by atoms with Gasteiger partial charge in [-0.15, -0.1) is 0 Å². The van der Waals surface area contributed by atoms with Crippen molar-refractivity contribution in [2.45, 2.75) is 26.3 Å². The van der Waals surface area contributed by atoms with Crippen LogP contribution in [0.5, 0.6) is 0 Å². The molecule has 0 fully saturated rings. The van der Waals surface area contributed by atoms with Gasteiger partial charge in [-0.05, 0) is 38.6 Å². The first kappa shape index (κ1) is 17.7. The molecule has 1 rings (SSSR count). The maximum Gasteiger partial charge on any atom is 0.241 e. The predicted octanol–water partition coefficient (Wildman–Crippen LogP) is 1.34. The zero-order chi connectivity index (χ0) is 16.5. The summed E-state index contributed by atoms with van der Waals surface area (Å²) < 4.78 is 0. The van der Waals surface area contributed by atoms with E-state index in [0.29, 0.717) is 17.8 Å². The largest absolute Gasteiger partial charge is 0.355 e. The number of benzene rings is 1. The second kappa shape index (κ2) is 8.80. The molecule has 0 bridgehead atoms. The molecule has 0 aliphatic rings. The van der Waals surface area contributed by atoms with E-state index in [1.807, 2.05) is 13.0 Å². The molecule has 0 heterocycles. The first-order valence-corrected chi connectivity index (χ1v) is 7.26. The predicted molar refractivity (Wildman–Crippen MR) is 85.2 cm³/mol. The molecule has 2 N–H and O–H groups in total. The fourth-order valence-electron chi connectivity index (χ4n) is 1.80. The lowest BCUT2D eigenvalue weighted by Gasteiger charge is -2.23. The molecule has 6 heteroatoms. The van der Waals surface area contributed by atoms with Crippen LogP contribution in [0.4, 0.5) is 5.69 Å². The van der Waals surface area contributed by atoms with Gasteiger partial charge < -0.3 is 10.6 Å². The van der Waals surface area contributed by atoms with Crippen LogP contribution in [0.25, 0.3) is 0 Å². The Morgan fingerprint density at radius 3 is 2.77 bits per heavy atom. The van der Waals surface area contributed by atoms with Crippen LogP contribution in [0.2, 0.25) is 0 Å². The minimum Gasteiger partial charge on any atom is -0.355 e. The third-order valence-electron chi connectivity index (χ3n) is 3.26. The van der Waals surface area contributed by atoms with Crippen LogP contribution in [0, 0.1) is 11.3 Å². The number of nitrogens with one attached hydrogen (secondary N) is 2. The third kappa shape index (κ3) is 5.54. The van der Waals surface area contributed by atoms with E-state index in [0.717, 1.165) is 6.42 Å². The summed E-state index contributed by atoms with van der Waals surface area (Å²) in [5.74, 6) is -0.323. The standard InChI is InChI=1S/C16H22N4O2/c1-4-8-18-15(21)11-20(3)12(2)16(22)19-14-7-5-6-13(9-14)10-17/h5-7,9,12H,4,8,11H2,1-3H3,(H,18,21)(H,19,22)/t12-/m1/s1. The smallest absolute Gasteiger partial charge is 0.241 e. The summed E-state index contributed by atoms with van der Waals surface area (Å²) in [5.41, 5.74) is 1.05. The Morgan fingerprint density at radius 2 is 2.14 bits per heavy atom. The van der Waals surface area contributed by atoms with Crippen molar-refractivity contribution < 1.29 is 9.59 Å². The summed E-state index contributed by atoms with van der Waals surface area (Å²) in [5, 5.41) is 14.4. The third-order valence-corrected chi connectivity index (χ3v) is 3.26. The number of nitriles is 1. The molecule has 6 nitrogen and oxygen atoms in total. The van der Waals surface area contributed by atoms with E-state index in [4.69, 9.17) is 5.26 Å². The summed E-state index contributed by atoms with van der Waals surface area (Å²) >= 11 is 0. The van der Waals surface area contributed by atoms with Gasteiger partial charge in [0.25, 0.3) is 0 Å². The molecule has 118 valence electrons. The van der Waals surface area contributed by atoms with Gasteiger partial charge in [-0.1, -0.05) is 13.0 Å². The van der Waals surface area contributed by atoms with Gasteiger partial charge in [0.2, 0.25) is 11.8 Å². The molecule has 0 saturated carbocycles. The van der Waals surface area contributed by atoms with Gasteiger partial charge in [0.15, 0.2) is 0 Å². The van der Waals surface area contributed by atoms with Crippen molar-refractivity contribution in [3.63, 3.8) is 0 Å². The molecule has 0 unspecified atom stereocenters. The molecule has 0 aliphatic carbocycles. The van der Waals surface area contributed by atoms with E-state index in [1.165, 1.54) is 0 Å². The zero-order valence-corrected chi connectivity index (χ0v) is 13.2. The Hall–Kier alpha value is -2.39. The lowest BCUT2D eigenvalue weighted by atomic mass is 10.2. The summed E-state index contributed by atoms with van der Waals surface area (Å²) in [4.78, 5) is 25.5. The zero-order valence-electron chi connectivity index (χ0n) is 13.2. The maximum atomic E-state index is 12.2. The highest BCUT2D eigenvalue weighted by molar-refractivity contribution is 5.95. The van der Waals surface area contributed by atoms with Crippen LogP contribution in [-0.4, -0.2) is 42.9 Å². The van der Waals surface area contributed by atoms with Crippen molar-refractivity contribution in [2.24, 2.45) is 0 Å². The van der Waals surface area contributed by atoms with E-state index in [2.05, 4.69) is 10.6 Å². The lowest BCUT2D eigenvalue weighted by Crippen LogP contribution is -2.44. The summed E-state index contributed by atoms with van der Waals surface area (Å²) in [6.07, 6.45) is 0.876. The van der Waals surface area contributed by atoms with Crippen LogP contribution >= 0.6 is 0 Å². The van der Waals surface area contributed by atoms with E-state index in [-0.39, 0.29) is 18.4 Å². The van der Waals surface area contributed by atoms with Crippen molar-refractivity contribution in [1.29, 1.82) is 5.26 Å². The number of hydrogen-bond acceptors (Lipinski definition) is 4. The molecule has 0 radical (unpaired) electrons. The number of likely N-dealkylation sites (N-methyl/N-ethyl adjacent to an activating group) is 1. The van der Waals surface area contributed by atoms with Crippen LogP contribution in [0.3, 0.4) is 0 Å². The summed E-state index contributed by atoms with van der Waals surface area (Å²) in [6.45, 7) is 4.51.